The smallest absolute Gasteiger partial charge is 0.243 e. The fourth-order valence-corrected chi connectivity index (χ4v) is 3.29. The van der Waals surface area contributed by atoms with E-state index in [1.807, 2.05) is 30.3 Å². The van der Waals surface area contributed by atoms with Gasteiger partial charge in [0.1, 0.15) is 10.7 Å². The zero-order chi connectivity index (χ0) is 15.3. The summed E-state index contributed by atoms with van der Waals surface area (Å²) in [5.41, 5.74) is 0.882. The van der Waals surface area contributed by atoms with Crippen molar-refractivity contribution >= 4 is 10.0 Å². The van der Waals surface area contributed by atoms with Gasteiger partial charge in [0, 0.05) is 6.04 Å². The second kappa shape index (κ2) is 6.80. The number of sulfonamides is 1. The van der Waals surface area contributed by atoms with Gasteiger partial charge in [-0.25, -0.2) is 17.5 Å². The molecule has 0 saturated heterocycles. The van der Waals surface area contributed by atoms with Crippen molar-refractivity contribution in [1.82, 2.24) is 4.72 Å². The van der Waals surface area contributed by atoms with Crippen LogP contribution in [-0.2, 0) is 16.4 Å². The van der Waals surface area contributed by atoms with Gasteiger partial charge in [-0.05, 0) is 24.1 Å². The number of nitrogens with one attached hydrogen (secondary N) is 1. The third-order valence-corrected chi connectivity index (χ3v) is 4.55. The van der Waals surface area contributed by atoms with E-state index in [1.165, 1.54) is 18.2 Å². The Bertz CT molecular complexity index is 689. The van der Waals surface area contributed by atoms with Crippen molar-refractivity contribution in [2.75, 3.05) is 6.61 Å². The second-order valence-corrected chi connectivity index (χ2v) is 6.30. The Morgan fingerprint density at radius 2 is 1.67 bits per heavy atom. The van der Waals surface area contributed by atoms with Crippen molar-refractivity contribution in [3.05, 3.63) is 66.0 Å². The highest BCUT2D eigenvalue weighted by atomic mass is 32.2. The maximum absolute atomic E-state index is 13.6. The van der Waals surface area contributed by atoms with Crippen molar-refractivity contribution in [2.24, 2.45) is 0 Å². The van der Waals surface area contributed by atoms with Crippen molar-refractivity contribution in [1.29, 1.82) is 0 Å². The van der Waals surface area contributed by atoms with Crippen LogP contribution in [0.1, 0.15) is 5.56 Å². The molecule has 0 aromatic heterocycles. The minimum Gasteiger partial charge on any atom is -0.395 e. The summed E-state index contributed by atoms with van der Waals surface area (Å²) in [6, 6.07) is 13.6. The highest BCUT2D eigenvalue weighted by molar-refractivity contribution is 7.89. The van der Waals surface area contributed by atoms with Crippen molar-refractivity contribution in [3.63, 3.8) is 0 Å². The van der Waals surface area contributed by atoms with Crippen LogP contribution >= 0.6 is 0 Å². The van der Waals surface area contributed by atoms with Gasteiger partial charge in [-0.2, -0.15) is 0 Å². The van der Waals surface area contributed by atoms with Crippen LogP contribution < -0.4 is 4.72 Å². The molecule has 0 heterocycles. The Kier molecular flexibility index (Phi) is 5.06. The van der Waals surface area contributed by atoms with E-state index in [0.717, 1.165) is 11.6 Å². The largest absolute Gasteiger partial charge is 0.395 e. The summed E-state index contributed by atoms with van der Waals surface area (Å²) in [7, 11) is -4.01. The Hall–Kier alpha value is -1.76. The van der Waals surface area contributed by atoms with Crippen LogP contribution in [0.5, 0.6) is 0 Å². The molecule has 0 aliphatic heterocycles. The Labute approximate surface area is 123 Å². The van der Waals surface area contributed by atoms with E-state index in [1.54, 1.807) is 0 Å². The normalized spacial score (nSPS) is 13.0. The molecule has 0 fully saturated rings. The summed E-state index contributed by atoms with van der Waals surface area (Å²) in [4.78, 5) is -0.420. The summed E-state index contributed by atoms with van der Waals surface area (Å²) in [5, 5.41) is 9.35. The SMILES string of the molecule is O=S(=O)(N[C@H](CO)Cc1ccccc1)c1ccccc1F. The van der Waals surface area contributed by atoms with Crippen LogP contribution in [0.2, 0.25) is 0 Å². The highest BCUT2D eigenvalue weighted by Gasteiger charge is 2.22. The first-order chi connectivity index (χ1) is 10.0. The molecule has 0 unspecified atom stereocenters. The number of benzene rings is 2. The number of hydrogen-bond acceptors (Lipinski definition) is 3. The average molecular weight is 309 g/mol. The lowest BCUT2D eigenvalue weighted by Crippen LogP contribution is -2.39. The van der Waals surface area contributed by atoms with Gasteiger partial charge in [0.05, 0.1) is 6.61 Å². The molecule has 112 valence electrons. The van der Waals surface area contributed by atoms with E-state index < -0.39 is 26.8 Å². The quantitative estimate of drug-likeness (QED) is 0.853. The van der Waals surface area contributed by atoms with Gasteiger partial charge >= 0.3 is 0 Å². The minimum atomic E-state index is -4.01. The van der Waals surface area contributed by atoms with Crippen molar-refractivity contribution < 1.29 is 17.9 Å². The van der Waals surface area contributed by atoms with E-state index in [0.29, 0.717) is 6.42 Å². The molecule has 0 saturated carbocycles. The molecule has 0 aliphatic carbocycles. The molecule has 2 rings (SSSR count). The lowest BCUT2D eigenvalue weighted by Gasteiger charge is -2.16. The lowest BCUT2D eigenvalue weighted by molar-refractivity contribution is 0.256. The second-order valence-electron chi connectivity index (χ2n) is 4.62. The Balaban J connectivity index is 2.16. The van der Waals surface area contributed by atoms with Gasteiger partial charge in [0.25, 0.3) is 0 Å². The molecule has 0 bridgehead atoms. The summed E-state index contributed by atoms with van der Waals surface area (Å²) in [6.07, 6.45) is 0.324. The van der Waals surface area contributed by atoms with E-state index in [4.69, 9.17) is 0 Å². The topological polar surface area (TPSA) is 66.4 Å². The van der Waals surface area contributed by atoms with Crippen LogP contribution in [0.3, 0.4) is 0 Å². The fraction of sp³-hybridized carbons (Fsp3) is 0.200. The first-order valence-electron chi connectivity index (χ1n) is 6.44. The molecule has 0 amide bonds. The molecule has 0 radical (unpaired) electrons. The molecule has 6 heteroatoms. The van der Waals surface area contributed by atoms with Crippen molar-refractivity contribution in [2.45, 2.75) is 17.4 Å². The molecular formula is C15H16FNO3S. The zero-order valence-electron chi connectivity index (χ0n) is 11.2. The first-order valence-corrected chi connectivity index (χ1v) is 7.93. The van der Waals surface area contributed by atoms with Gasteiger partial charge in [-0.1, -0.05) is 42.5 Å². The molecule has 0 spiro atoms. The number of aliphatic hydroxyl groups excluding tert-OH is 1. The predicted octanol–water partition coefficient (Wildman–Crippen LogP) is 1.71. The third kappa shape index (κ3) is 4.10. The van der Waals surface area contributed by atoms with Crippen LogP contribution in [0.4, 0.5) is 4.39 Å². The standard InChI is InChI=1S/C15H16FNO3S/c16-14-8-4-5-9-15(14)21(19,20)17-13(11-18)10-12-6-2-1-3-7-12/h1-9,13,17-18H,10-11H2/t13-/m0/s1. The van der Waals surface area contributed by atoms with Gasteiger partial charge in [-0.3, -0.25) is 0 Å². The third-order valence-electron chi connectivity index (χ3n) is 2.99. The molecule has 0 aliphatic rings. The maximum atomic E-state index is 13.6. The van der Waals surface area contributed by atoms with Gasteiger partial charge in [0.15, 0.2) is 0 Å². The summed E-state index contributed by atoms with van der Waals surface area (Å²) in [6.45, 7) is -0.372. The van der Waals surface area contributed by atoms with Crippen LogP contribution in [0, 0.1) is 5.82 Å². The first kappa shape index (κ1) is 15.6. The minimum absolute atomic E-state index is 0.324. The average Bonchev–Trinajstić information content (AvgIpc) is 2.47. The maximum Gasteiger partial charge on any atom is 0.243 e. The summed E-state index contributed by atoms with van der Waals surface area (Å²) < 4.78 is 40.2. The van der Waals surface area contributed by atoms with Crippen molar-refractivity contribution in [3.8, 4) is 0 Å². The fourth-order valence-electron chi connectivity index (χ4n) is 1.99. The Morgan fingerprint density at radius 3 is 2.29 bits per heavy atom. The summed E-state index contributed by atoms with van der Waals surface area (Å²) in [5.74, 6) is -0.818. The number of halogens is 1. The number of rotatable bonds is 6. The summed E-state index contributed by atoms with van der Waals surface area (Å²) >= 11 is 0. The van der Waals surface area contributed by atoms with E-state index in [9.17, 15) is 17.9 Å². The molecule has 2 N–H and O–H groups in total. The van der Waals surface area contributed by atoms with Crippen LogP contribution in [-0.4, -0.2) is 26.2 Å². The van der Waals surface area contributed by atoms with E-state index in [2.05, 4.69) is 4.72 Å². The van der Waals surface area contributed by atoms with Gasteiger partial charge < -0.3 is 5.11 Å². The van der Waals surface area contributed by atoms with Gasteiger partial charge in [0.2, 0.25) is 10.0 Å². The Morgan fingerprint density at radius 1 is 1.05 bits per heavy atom. The zero-order valence-corrected chi connectivity index (χ0v) is 12.1. The van der Waals surface area contributed by atoms with Crippen LogP contribution in [0.25, 0.3) is 0 Å². The number of hydrogen-bond donors (Lipinski definition) is 2. The number of aliphatic hydroxyl groups is 1. The molecular weight excluding hydrogens is 293 g/mol. The van der Waals surface area contributed by atoms with E-state index in [-0.39, 0.29) is 6.61 Å². The van der Waals surface area contributed by atoms with E-state index >= 15 is 0 Å². The lowest BCUT2D eigenvalue weighted by atomic mass is 10.1. The molecule has 4 nitrogen and oxygen atoms in total. The monoisotopic (exact) mass is 309 g/mol. The highest BCUT2D eigenvalue weighted by Crippen LogP contribution is 2.14. The van der Waals surface area contributed by atoms with Crippen LogP contribution in [0.15, 0.2) is 59.5 Å². The van der Waals surface area contributed by atoms with Gasteiger partial charge in [-0.15, -0.1) is 0 Å². The molecule has 21 heavy (non-hydrogen) atoms. The molecule has 1 atom stereocenters. The molecule has 2 aromatic rings. The predicted molar refractivity (Wildman–Crippen MR) is 77.7 cm³/mol. The molecule has 2 aromatic carbocycles.